The van der Waals surface area contributed by atoms with Crippen molar-refractivity contribution >= 4 is 5.97 Å². The first-order chi connectivity index (χ1) is 10.7. The molecule has 3 nitrogen and oxygen atoms in total. The average Bonchev–Trinajstić information content (AvgIpc) is 2.99. The molecule has 0 aliphatic heterocycles. The number of aliphatic hydroxyl groups is 1. The summed E-state index contributed by atoms with van der Waals surface area (Å²) in [6, 6.07) is 0. The van der Waals surface area contributed by atoms with E-state index >= 15 is 0 Å². The summed E-state index contributed by atoms with van der Waals surface area (Å²) in [6.07, 6.45) is 5.53. The molecule has 0 aromatic carbocycles. The summed E-state index contributed by atoms with van der Waals surface area (Å²) in [5.41, 5.74) is 0.880. The van der Waals surface area contributed by atoms with Crippen molar-refractivity contribution in [2.24, 2.45) is 35.0 Å². The van der Waals surface area contributed by atoms with Crippen molar-refractivity contribution in [1.29, 1.82) is 0 Å². The Bertz CT molecular complexity index is 464. The quantitative estimate of drug-likeness (QED) is 0.609. The molecule has 1 N–H and O–H groups in total. The fourth-order valence-electron chi connectivity index (χ4n) is 4.27. The van der Waals surface area contributed by atoms with Gasteiger partial charge in [0.05, 0.1) is 12.5 Å². The molecule has 2 aliphatic rings. The van der Waals surface area contributed by atoms with E-state index in [2.05, 4.69) is 40.7 Å². The normalized spacial score (nSPS) is 36.9. The Morgan fingerprint density at radius 2 is 2.00 bits per heavy atom. The van der Waals surface area contributed by atoms with Crippen LogP contribution in [0.25, 0.3) is 0 Å². The van der Waals surface area contributed by atoms with Crippen LogP contribution in [0.15, 0.2) is 11.6 Å². The minimum Gasteiger partial charge on any atom is -0.462 e. The van der Waals surface area contributed by atoms with Gasteiger partial charge in [-0.2, -0.15) is 0 Å². The highest BCUT2D eigenvalue weighted by Crippen LogP contribution is 2.60. The Hall–Kier alpha value is -0.830. The summed E-state index contributed by atoms with van der Waals surface area (Å²) in [6.45, 7) is 12.9. The van der Waals surface area contributed by atoms with Crippen LogP contribution in [0.2, 0.25) is 0 Å². The summed E-state index contributed by atoms with van der Waals surface area (Å²) >= 11 is 0. The van der Waals surface area contributed by atoms with Gasteiger partial charge in [0.25, 0.3) is 0 Å². The molecule has 0 aromatic heterocycles. The predicted octanol–water partition coefficient (Wildman–Crippen LogP) is 4.20. The number of hydrogen-bond acceptors (Lipinski definition) is 3. The van der Waals surface area contributed by atoms with Crippen molar-refractivity contribution in [3.63, 3.8) is 0 Å². The zero-order valence-corrected chi connectivity index (χ0v) is 15.6. The lowest BCUT2D eigenvalue weighted by atomic mass is 9.75. The molecule has 2 rings (SSSR count). The second-order valence-corrected chi connectivity index (χ2v) is 8.80. The number of rotatable bonds is 5. The molecule has 2 fully saturated rings. The van der Waals surface area contributed by atoms with Gasteiger partial charge in [-0.1, -0.05) is 52.7 Å². The largest absolute Gasteiger partial charge is 0.462 e. The molecular weight excluding hydrogens is 288 g/mol. The Balaban J connectivity index is 2.03. The van der Waals surface area contributed by atoms with Gasteiger partial charge < -0.3 is 9.84 Å². The minimum absolute atomic E-state index is 0.0354. The third-order valence-electron chi connectivity index (χ3n) is 6.11. The first-order valence-electron chi connectivity index (χ1n) is 9.17. The van der Waals surface area contributed by atoms with Crippen molar-refractivity contribution in [3.8, 4) is 0 Å². The SMILES string of the molecule is CC(=CC1C(C(=O)OC2CC(C)CCC2C(C)C)C1(C)C)CO. The molecule has 5 atom stereocenters. The van der Waals surface area contributed by atoms with Gasteiger partial charge in [0.15, 0.2) is 0 Å². The van der Waals surface area contributed by atoms with E-state index in [1.54, 1.807) is 0 Å². The smallest absolute Gasteiger partial charge is 0.310 e. The van der Waals surface area contributed by atoms with Crippen LogP contribution in [0, 0.1) is 35.0 Å². The van der Waals surface area contributed by atoms with Gasteiger partial charge in [0.1, 0.15) is 6.10 Å². The lowest BCUT2D eigenvalue weighted by Gasteiger charge is -2.36. The standard InChI is InChI=1S/C20H34O3/c1-12(2)15-8-7-13(3)10-17(15)23-19(22)18-16(20(18,5)6)9-14(4)11-21/h9,12-13,15-18,21H,7-8,10-11H2,1-6H3. The molecule has 0 amide bonds. The number of allylic oxidation sites excluding steroid dienone is 1. The van der Waals surface area contributed by atoms with Crippen molar-refractivity contribution in [1.82, 2.24) is 0 Å². The van der Waals surface area contributed by atoms with Gasteiger partial charge in [-0.3, -0.25) is 4.79 Å². The highest BCUT2D eigenvalue weighted by Gasteiger charge is 2.61. The molecule has 3 heteroatoms. The van der Waals surface area contributed by atoms with E-state index in [4.69, 9.17) is 4.74 Å². The van der Waals surface area contributed by atoms with E-state index in [1.807, 2.05) is 6.92 Å². The molecular formula is C20H34O3. The topological polar surface area (TPSA) is 46.5 Å². The fraction of sp³-hybridized carbons (Fsp3) is 0.850. The lowest BCUT2D eigenvalue weighted by molar-refractivity contribution is -0.158. The first kappa shape index (κ1) is 18.5. The lowest BCUT2D eigenvalue weighted by Crippen LogP contribution is -2.36. The monoisotopic (exact) mass is 322 g/mol. The average molecular weight is 322 g/mol. The summed E-state index contributed by atoms with van der Waals surface area (Å²) in [5.74, 6) is 1.79. The molecule has 5 unspecified atom stereocenters. The summed E-state index contributed by atoms with van der Waals surface area (Å²) in [7, 11) is 0. The van der Waals surface area contributed by atoms with Crippen LogP contribution < -0.4 is 0 Å². The number of esters is 1. The Morgan fingerprint density at radius 3 is 2.57 bits per heavy atom. The molecule has 132 valence electrons. The Labute approximate surface area is 141 Å². The van der Waals surface area contributed by atoms with Crippen LogP contribution in [0.3, 0.4) is 0 Å². The fourth-order valence-corrected chi connectivity index (χ4v) is 4.27. The summed E-state index contributed by atoms with van der Waals surface area (Å²) in [4.78, 5) is 12.7. The van der Waals surface area contributed by atoms with Crippen molar-refractivity contribution < 1.29 is 14.6 Å². The van der Waals surface area contributed by atoms with Crippen LogP contribution in [0.4, 0.5) is 0 Å². The van der Waals surface area contributed by atoms with Crippen LogP contribution >= 0.6 is 0 Å². The molecule has 0 saturated heterocycles. The van der Waals surface area contributed by atoms with E-state index < -0.39 is 0 Å². The molecule has 0 bridgehead atoms. The number of ether oxygens (including phenoxy) is 1. The van der Waals surface area contributed by atoms with Crippen molar-refractivity contribution in [3.05, 3.63) is 11.6 Å². The van der Waals surface area contributed by atoms with Gasteiger partial charge in [-0.15, -0.1) is 0 Å². The van der Waals surface area contributed by atoms with Crippen LogP contribution in [0.5, 0.6) is 0 Å². The molecule has 23 heavy (non-hydrogen) atoms. The number of carbonyl (C=O) groups excluding carboxylic acids is 1. The summed E-state index contributed by atoms with van der Waals surface area (Å²) < 4.78 is 6.01. The van der Waals surface area contributed by atoms with Gasteiger partial charge >= 0.3 is 5.97 Å². The third kappa shape index (κ3) is 3.99. The maximum Gasteiger partial charge on any atom is 0.310 e. The zero-order valence-electron chi connectivity index (χ0n) is 15.6. The second-order valence-electron chi connectivity index (χ2n) is 8.80. The van der Waals surface area contributed by atoms with E-state index in [0.717, 1.165) is 18.4 Å². The first-order valence-corrected chi connectivity index (χ1v) is 9.17. The highest BCUT2D eigenvalue weighted by molar-refractivity contribution is 5.78. The molecule has 0 radical (unpaired) electrons. The minimum atomic E-state index is -0.0611. The van der Waals surface area contributed by atoms with E-state index in [-0.39, 0.29) is 35.9 Å². The van der Waals surface area contributed by atoms with Gasteiger partial charge in [-0.05, 0) is 48.9 Å². The van der Waals surface area contributed by atoms with Crippen LogP contribution in [0.1, 0.15) is 60.8 Å². The molecule has 0 spiro atoms. The molecule has 0 heterocycles. The van der Waals surface area contributed by atoms with Gasteiger partial charge in [0, 0.05) is 0 Å². The zero-order chi connectivity index (χ0) is 17.4. The van der Waals surface area contributed by atoms with Crippen molar-refractivity contribution in [2.45, 2.75) is 66.9 Å². The van der Waals surface area contributed by atoms with Gasteiger partial charge in [0.2, 0.25) is 0 Å². The third-order valence-corrected chi connectivity index (χ3v) is 6.11. The van der Waals surface area contributed by atoms with Crippen LogP contribution in [-0.4, -0.2) is 23.8 Å². The van der Waals surface area contributed by atoms with Crippen molar-refractivity contribution in [2.75, 3.05) is 6.61 Å². The number of hydrogen-bond donors (Lipinski definition) is 1. The molecule has 2 aliphatic carbocycles. The van der Waals surface area contributed by atoms with E-state index in [9.17, 15) is 9.90 Å². The highest BCUT2D eigenvalue weighted by atomic mass is 16.5. The second kappa shape index (κ2) is 6.96. The van der Waals surface area contributed by atoms with Gasteiger partial charge in [-0.25, -0.2) is 0 Å². The molecule has 0 aromatic rings. The molecule has 2 saturated carbocycles. The van der Waals surface area contributed by atoms with E-state index in [1.165, 1.54) is 6.42 Å². The number of carbonyl (C=O) groups is 1. The Morgan fingerprint density at radius 1 is 1.35 bits per heavy atom. The predicted molar refractivity (Wildman–Crippen MR) is 92.8 cm³/mol. The van der Waals surface area contributed by atoms with E-state index in [0.29, 0.717) is 17.8 Å². The maximum absolute atomic E-state index is 12.7. The van der Waals surface area contributed by atoms with Crippen LogP contribution in [-0.2, 0) is 9.53 Å². The maximum atomic E-state index is 12.7. The summed E-state index contributed by atoms with van der Waals surface area (Å²) in [5, 5.41) is 9.21. The Kier molecular flexibility index (Phi) is 5.60. The number of aliphatic hydroxyl groups excluding tert-OH is 1.